The third kappa shape index (κ3) is 10.2. The highest BCUT2D eigenvalue weighted by Crippen LogP contribution is 2.50. The molecule has 1 aliphatic heterocycles. The van der Waals surface area contributed by atoms with Gasteiger partial charge in [-0.15, -0.1) is 13.2 Å². The molecule has 2 saturated carbocycles. The fraction of sp³-hybridized carbons (Fsp3) is 0.636. The van der Waals surface area contributed by atoms with Gasteiger partial charge < -0.3 is 30.3 Å². The summed E-state index contributed by atoms with van der Waals surface area (Å²) in [5.41, 5.74) is -1.82. The molecule has 2 heterocycles. The van der Waals surface area contributed by atoms with Crippen molar-refractivity contribution in [2.75, 3.05) is 13.1 Å². The lowest BCUT2D eigenvalue weighted by atomic mass is 9.85. The molecule has 0 spiro atoms. The van der Waals surface area contributed by atoms with Gasteiger partial charge in [-0.3, -0.25) is 28.5 Å². The van der Waals surface area contributed by atoms with Crippen LogP contribution >= 0.6 is 0 Å². The number of likely N-dealkylation sites (tertiary alicyclic amines) is 1. The van der Waals surface area contributed by atoms with Gasteiger partial charge >= 0.3 is 6.09 Å². The molecule has 0 radical (unpaired) electrons. The second-order valence-corrected chi connectivity index (χ2v) is 21.1. The van der Waals surface area contributed by atoms with Gasteiger partial charge in [-0.2, -0.15) is 4.98 Å². The number of carbonyl (C=O) groups is 5. The molecule has 5 rings (SSSR count). The molecule has 2 aliphatic carbocycles. The Morgan fingerprint density at radius 2 is 1.70 bits per heavy atom. The van der Waals surface area contributed by atoms with Crippen molar-refractivity contribution in [3.63, 3.8) is 0 Å². The topological polar surface area (TPSA) is 207 Å². The predicted molar refractivity (Wildman–Crippen MR) is 232 cm³/mol. The van der Waals surface area contributed by atoms with Crippen molar-refractivity contribution in [3.05, 3.63) is 49.1 Å². The van der Waals surface area contributed by atoms with Gasteiger partial charge in [-0.25, -0.2) is 13.2 Å². The van der Waals surface area contributed by atoms with Gasteiger partial charge in [0.2, 0.25) is 21.8 Å². The van der Waals surface area contributed by atoms with Gasteiger partial charge in [0, 0.05) is 19.0 Å². The monoisotopic (exact) mass is 867 g/mol. The summed E-state index contributed by atoms with van der Waals surface area (Å²) in [6.45, 7) is 23.9. The van der Waals surface area contributed by atoms with Crippen LogP contribution < -0.4 is 25.4 Å². The first-order valence-electron chi connectivity index (χ1n) is 21.3. The van der Waals surface area contributed by atoms with E-state index in [0.29, 0.717) is 61.7 Å². The second kappa shape index (κ2) is 17.8. The van der Waals surface area contributed by atoms with Crippen LogP contribution in [0.1, 0.15) is 130 Å². The summed E-state index contributed by atoms with van der Waals surface area (Å²) in [4.78, 5) is 75.9. The first-order valence-corrected chi connectivity index (χ1v) is 22.8. The summed E-state index contributed by atoms with van der Waals surface area (Å²) in [6, 6.07) is 2.92. The Labute approximate surface area is 360 Å². The number of rotatable bonds is 18. The van der Waals surface area contributed by atoms with E-state index in [9.17, 15) is 32.4 Å². The van der Waals surface area contributed by atoms with E-state index in [2.05, 4.69) is 33.8 Å². The standard InChI is InChI=1S/C44H65N7O9S/c1-12-15-20-43(21-22-43)61(57,58)49-38(55)44(25-28(44)14-3)48-36(53)32-24-29(26-50(32)37(54)34(41(6,7)8)47-40(56)60-42(9,10)11)59-39-46-33-30(35(52)45-23-16-13-2)18-17-19-31(33)51(39)27(4)5/h12-13,17-19,27-29,32,34H,1-2,14-16,20-26H2,3-11H3,(H,45,52)(H,47,56)(H,48,53)(H,49,55)/t28-,29-,32+,34-,44-/m1/s1. The number of hydrogen-bond donors (Lipinski definition) is 4. The van der Waals surface area contributed by atoms with Crippen LogP contribution in [0.3, 0.4) is 0 Å². The van der Waals surface area contributed by atoms with Gasteiger partial charge in [0.15, 0.2) is 0 Å². The molecule has 0 unspecified atom stereocenters. The van der Waals surface area contributed by atoms with Crippen LogP contribution in [0, 0.1) is 11.3 Å². The lowest BCUT2D eigenvalue weighted by Gasteiger charge is -2.36. The zero-order chi connectivity index (χ0) is 45.3. The molecule has 1 aromatic heterocycles. The average molecular weight is 868 g/mol. The molecule has 3 aliphatic rings. The number of fused-ring (bicyclic) bond motifs is 1. The quantitative estimate of drug-likeness (QED) is 0.110. The number of carbonyl (C=O) groups excluding carboxylic acids is 5. The molecular formula is C44H65N7O9S. The van der Waals surface area contributed by atoms with Crippen LogP contribution in [0.15, 0.2) is 43.5 Å². The van der Waals surface area contributed by atoms with Crippen LogP contribution in [-0.4, -0.2) is 99.8 Å². The van der Waals surface area contributed by atoms with E-state index in [0.717, 1.165) is 0 Å². The van der Waals surface area contributed by atoms with Crippen molar-refractivity contribution in [2.45, 2.75) is 154 Å². The van der Waals surface area contributed by atoms with Crippen molar-refractivity contribution in [1.29, 1.82) is 0 Å². The molecule has 5 atom stereocenters. The normalized spacial score (nSPS) is 22.5. The zero-order valence-electron chi connectivity index (χ0n) is 37.2. The predicted octanol–water partition coefficient (Wildman–Crippen LogP) is 5.44. The number of sulfonamides is 1. The third-order valence-electron chi connectivity index (χ3n) is 11.7. The van der Waals surface area contributed by atoms with Crippen molar-refractivity contribution in [3.8, 4) is 6.01 Å². The fourth-order valence-electron chi connectivity index (χ4n) is 8.10. The summed E-state index contributed by atoms with van der Waals surface area (Å²) in [6.07, 6.45) is 4.63. The zero-order valence-corrected chi connectivity index (χ0v) is 38.0. The summed E-state index contributed by atoms with van der Waals surface area (Å²) >= 11 is 0. The van der Waals surface area contributed by atoms with Crippen LogP contribution in [0.2, 0.25) is 0 Å². The Morgan fingerprint density at radius 3 is 2.26 bits per heavy atom. The Balaban J connectivity index is 1.49. The lowest BCUT2D eigenvalue weighted by Crippen LogP contribution is -2.60. The lowest BCUT2D eigenvalue weighted by molar-refractivity contribution is -0.143. The summed E-state index contributed by atoms with van der Waals surface area (Å²) in [5, 5.41) is 8.50. The molecule has 1 aromatic carbocycles. The number of amides is 5. The number of imidazole rings is 1. The summed E-state index contributed by atoms with van der Waals surface area (Å²) in [5.74, 6) is -2.72. The van der Waals surface area contributed by atoms with Crippen molar-refractivity contribution in [2.24, 2.45) is 11.3 Å². The van der Waals surface area contributed by atoms with E-state index in [1.165, 1.54) is 4.90 Å². The first-order chi connectivity index (χ1) is 28.4. The number of aromatic nitrogens is 2. The molecule has 61 heavy (non-hydrogen) atoms. The minimum Gasteiger partial charge on any atom is -0.459 e. The van der Waals surface area contributed by atoms with Crippen molar-refractivity contribution in [1.82, 2.24) is 35.1 Å². The maximum Gasteiger partial charge on any atom is 0.408 e. The highest BCUT2D eigenvalue weighted by molar-refractivity contribution is 7.91. The van der Waals surface area contributed by atoms with E-state index >= 15 is 0 Å². The molecular weight excluding hydrogens is 803 g/mol. The molecule has 3 fully saturated rings. The van der Waals surface area contributed by atoms with E-state index in [4.69, 9.17) is 14.5 Å². The minimum atomic E-state index is -4.08. The molecule has 5 amide bonds. The van der Waals surface area contributed by atoms with Gasteiger partial charge in [-0.05, 0) is 96.6 Å². The van der Waals surface area contributed by atoms with Crippen molar-refractivity contribution >= 4 is 50.8 Å². The SMILES string of the molecule is C=CCCNC(=O)c1cccc2c1nc(O[C@@H]1C[C@@H](C(=O)N[C@]3(C(=O)NS(=O)(=O)C4(CCC=C)CC4)C[C@H]3CC)N(C(=O)[C@@H](NC(=O)OC(C)(C)C)C(C)(C)C)C1)n2C(C)C. The van der Waals surface area contributed by atoms with Gasteiger partial charge in [0.25, 0.3) is 17.8 Å². The number of nitrogens with one attached hydrogen (secondary N) is 4. The number of alkyl carbamates (subject to hydrolysis) is 1. The van der Waals surface area contributed by atoms with E-state index in [1.54, 1.807) is 65.8 Å². The molecule has 0 bridgehead atoms. The first kappa shape index (κ1) is 47.1. The highest BCUT2D eigenvalue weighted by atomic mass is 32.2. The number of para-hydroxylation sites is 1. The van der Waals surface area contributed by atoms with E-state index < -0.39 is 73.3 Å². The Hall–Kier alpha value is -4.93. The average Bonchev–Trinajstić information content (AvgIpc) is 4.02. The summed E-state index contributed by atoms with van der Waals surface area (Å²) in [7, 11) is -4.08. The number of allylic oxidation sites excluding steroid dienone is 1. The highest BCUT2D eigenvalue weighted by Gasteiger charge is 2.64. The summed E-state index contributed by atoms with van der Waals surface area (Å²) < 4.78 is 42.3. The maximum absolute atomic E-state index is 14.8. The molecule has 2 aromatic rings. The smallest absolute Gasteiger partial charge is 0.408 e. The number of hydrogen-bond acceptors (Lipinski definition) is 10. The maximum atomic E-state index is 14.8. The number of benzene rings is 1. The second-order valence-electron chi connectivity index (χ2n) is 19.0. The van der Waals surface area contributed by atoms with Crippen LogP contribution in [0.25, 0.3) is 11.0 Å². The Morgan fingerprint density at radius 1 is 1.03 bits per heavy atom. The Bertz CT molecular complexity index is 2150. The van der Waals surface area contributed by atoms with Crippen molar-refractivity contribution < 1.29 is 41.9 Å². The van der Waals surface area contributed by atoms with E-state index in [1.807, 2.05) is 31.4 Å². The van der Waals surface area contributed by atoms with Gasteiger partial charge in [0.05, 0.1) is 22.4 Å². The number of ether oxygens (including phenoxy) is 2. The third-order valence-corrected chi connectivity index (χ3v) is 13.9. The van der Waals surface area contributed by atoms with Crippen LogP contribution in [-0.2, 0) is 29.1 Å². The molecule has 336 valence electrons. The van der Waals surface area contributed by atoms with E-state index in [-0.39, 0.29) is 43.3 Å². The molecule has 1 saturated heterocycles. The van der Waals surface area contributed by atoms with Gasteiger partial charge in [0.1, 0.15) is 34.8 Å². The van der Waals surface area contributed by atoms with Crippen LogP contribution in [0.5, 0.6) is 6.01 Å². The fourth-order valence-corrected chi connectivity index (χ4v) is 9.77. The van der Waals surface area contributed by atoms with Gasteiger partial charge in [-0.1, -0.05) is 52.3 Å². The largest absolute Gasteiger partial charge is 0.459 e. The van der Waals surface area contributed by atoms with Crippen LogP contribution in [0.4, 0.5) is 4.79 Å². The minimum absolute atomic E-state index is 0.0332. The molecule has 17 heteroatoms. The molecule has 4 N–H and O–H groups in total. The number of nitrogens with zero attached hydrogens (tertiary/aromatic N) is 3. The Kier molecular flexibility index (Phi) is 13.8. The molecule has 16 nitrogen and oxygen atoms in total.